The van der Waals surface area contributed by atoms with Gasteiger partial charge in [0, 0.05) is 31.0 Å². The first kappa shape index (κ1) is 22.4. The van der Waals surface area contributed by atoms with Gasteiger partial charge in [-0.15, -0.1) is 0 Å². The van der Waals surface area contributed by atoms with Crippen LogP contribution in [0.5, 0.6) is 0 Å². The Hall–Kier alpha value is -3.24. The summed E-state index contributed by atoms with van der Waals surface area (Å²) in [5, 5.41) is 15.6. The molecule has 0 saturated carbocycles. The molecule has 0 radical (unpaired) electrons. The van der Waals surface area contributed by atoms with Crippen LogP contribution >= 0.6 is 11.6 Å². The van der Waals surface area contributed by atoms with Crippen molar-refractivity contribution in [2.24, 2.45) is 0 Å². The van der Waals surface area contributed by atoms with Crippen LogP contribution in [0, 0.1) is 5.82 Å². The number of nitrogens with one attached hydrogen (secondary N) is 2. The van der Waals surface area contributed by atoms with Crippen LogP contribution in [-0.2, 0) is 20.9 Å². The number of rotatable bonds is 6. The molecule has 3 N–H and O–H groups in total. The van der Waals surface area contributed by atoms with Crippen LogP contribution < -0.4 is 15.5 Å². The van der Waals surface area contributed by atoms with Crippen molar-refractivity contribution in [2.45, 2.75) is 32.1 Å². The first-order chi connectivity index (χ1) is 14.7. The maximum atomic E-state index is 13.4. The summed E-state index contributed by atoms with van der Waals surface area (Å²) >= 11 is 5.76. The molecule has 3 rings (SSSR count). The molecule has 1 unspecified atom stereocenters. The largest absolute Gasteiger partial charge is 0.410 e. The van der Waals surface area contributed by atoms with Crippen LogP contribution in [0.25, 0.3) is 0 Å². The van der Waals surface area contributed by atoms with Gasteiger partial charge in [-0.1, -0.05) is 18.5 Å². The number of nitrogens with zero attached hydrogens (tertiary/aromatic N) is 2. The molecule has 0 bridgehead atoms. The molecule has 31 heavy (non-hydrogen) atoms. The lowest BCUT2D eigenvalue weighted by atomic mass is 10.2. The molecule has 1 aromatic carbocycles. The summed E-state index contributed by atoms with van der Waals surface area (Å²) in [4.78, 5) is 41.4. The van der Waals surface area contributed by atoms with Gasteiger partial charge in [0.05, 0.1) is 11.9 Å². The van der Waals surface area contributed by atoms with Crippen LogP contribution in [0.2, 0.25) is 5.02 Å². The minimum Gasteiger partial charge on any atom is -0.407 e. The average molecular weight is 451 g/mol. The Balaban J connectivity index is 1.59. The molecule has 1 fully saturated rings. The topological polar surface area (TPSA) is 121 Å². The van der Waals surface area contributed by atoms with Gasteiger partial charge >= 0.3 is 6.09 Å². The second kappa shape index (κ2) is 9.27. The lowest BCUT2D eigenvalue weighted by Gasteiger charge is -2.22. The quantitative estimate of drug-likeness (QED) is 0.582. The monoisotopic (exact) mass is 450 g/mol. The maximum Gasteiger partial charge on any atom is 0.410 e. The van der Waals surface area contributed by atoms with Crippen LogP contribution in [0.1, 0.15) is 25.3 Å². The third-order valence-corrected chi connectivity index (χ3v) is 4.74. The Kier molecular flexibility index (Phi) is 6.71. The van der Waals surface area contributed by atoms with Gasteiger partial charge in [-0.25, -0.2) is 14.2 Å². The summed E-state index contributed by atoms with van der Waals surface area (Å²) in [6, 6.07) is 6.84. The molecule has 3 amide bonds. The van der Waals surface area contributed by atoms with E-state index in [1.54, 1.807) is 13.0 Å². The number of amides is 3. The molecular weight excluding hydrogens is 431 g/mol. The second-order valence-electron chi connectivity index (χ2n) is 6.82. The van der Waals surface area contributed by atoms with Crippen molar-refractivity contribution in [3.63, 3.8) is 0 Å². The van der Waals surface area contributed by atoms with Gasteiger partial charge in [-0.05, 0) is 35.9 Å². The Morgan fingerprint density at radius 1 is 1.35 bits per heavy atom. The van der Waals surface area contributed by atoms with E-state index in [-0.39, 0.29) is 30.4 Å². The van der Waals surface area contributed by atoms with E-state index in [9.17, 15) is 23.9 Å². The zero-order chi connectivity index (χ0) is 22.6. The normalized spacial score (nSPS) is 18.1. The number of ether oxygens (including phenoxy) is 1. The smallest absolute Gasteiger partial charge is 0.407 e. The predicted molar refractivity (Wildman–Crippen MR) is 110 cm³/mol. The molecule has 1 atom stereocenters. The first-order valence-corrected chi connectivity index (χ1v) is 9.80. The van der Waals surface area contributed by atoms with E-state index < -0.39 is 23.6 Å². The number of aromatic nitrogens is 1. The number of carbonyl (C=O) groups is 3. The maximum absolute atomic E-state index is 13.4. The summed E-state index contributed by atoms with van der Waals surface area (Å²) in [7, 11) is 0. The molecule has 11 heteroatoms. The lowest BCUT2D eigenvalue weighted by molar-refractivity contribution is -0.175. The third-order valence-electron chi connectivity index (χ3n) is 4.52. The number of benzene rings is 1. The standard InChI is InChI=1S/C20H20ClFN4O5/c1-2-17(27)25-16-4-3-15(11-23-16)26-6-5-20(30,18(26)28)31-19(29)24-10-12-7-13(21)9-14(22)8-12/h3-4,7-9,11,30H,2,5-6,10H2,1H3,(H,24,29)(H,23,25,27). The van der Waals surface area contributed by atoms with Gasteiger partial charge in [0.15, 0.2) is 0 Å². The van der Waals surface area contributed by atoms with Crippen molar-refractivity contribution in [2.75, 3.05) is 16.8 Å². The van der Waals surface area contributed by atoms with Gasteiger partial charge in [0.2, 0.25) is 5.91 Å². The summed E-state index contributed by atoms with van der Waals surface area (Å²) in [6.07, 6.45) is 0.461. The van der Waals surface area contributed by atoms with Crippen LogP contribution in [-0.4, -0.2) is 40.3 Å². The minimum atomic E-state index is -2.35. The Morgan fingerprint density at radius 3 is 2.77 bits per heavy atom. The predicted octanol–water partition coefficient (Wildman–Crippen LogP) is 2.57. The molecule has 1 aromatic heterocycles. The highest BCUT2D eigenvalue weighted by Crippen LogP contribution is 2.29. The summed E-state index contributed by atoms with van der Waals surface area (Å²) in [5.41, 5.74) is 0.753. The fraction of sp³-hybridized carbons (Fsp3) is 0.300. The first-order valence-electron chi connectivity index (χ1n) is 9.42. The zero-order valence-electron chi connectivity index (χ0n) is 16.5. The summed E-state index contributed by atoms with van der Waals surface area (Å²) in [5.74, 6) is -3.62. The van der Waals surface area contributed by atoms with Gasteiger partial charge < -0.3 is 25.4 Å². The molecule has 164 valence electrons. The van der Waals surface area contributed by atoms with Crippen molar-refractivity contribution >= 4 is 41.0 Å². The van der Waals surface area contributed by atoms with Crippen LogP contribution in [0.15, 0.2) is 36.5 Å². The molecule has 2 heterocycles. The third kappa shape index (κ3) is 5.47. The average Bonchev–Trinajstić information content (AvgIpc) is 3.00. The van der Waals surface area contributed by atoms with Gasteiger partial charge in [-0.2, -0.15) is 0 Å². The molecule has 1 aliphatic heterocycles. The number of anilines is 2. The highest BCUT2D eigenvalue weighted by atomic mass is 35.5. The molecule has 0 aliphatic carbocycles. The van der Waals surface area contributed by atoms with E-state index >= 15 is 0 Å². The van der Waals surface area contributed by atoms with E-state index in [4.69, 9.17) is 16.3 Å². The minimum absolute atomic E-state index is 0.0878. The van der Waals surface area contributed by atoms with Gasteiger partial charge in [0.25, 0.3) is 11.7 Å². The fourth-order valence-electron chi connectivity index (χ4n) is 2.95. The highest BCUT2D eigenvalue weighted by molar-refractivity contribution is 6.30. The fourth-order valence-corrected chi connectivity index (χ4v) is 3.20. The number of aliphatic hydroxyl groups is 1. The van der Waals surface area contributed by atoms with Crippen molar-refractivity contribution < 1.29 is 28.6 Å². The zero-order valence-corrected chi connectivity index (χ0v) is 17.3. The van der Waals surface area contributed by atoms with E-state index in [2.05, 4.69) is 15.6 Å². The molecule has 1 aliphatic rings. The number of hydrogen-bond donors (Lipinski definition) is 3. The highest BCUT2D eigenvalue weighted by Gasteiger charge is 2.49. The van der Waals surface area contributed by atoms with Crippen LogP contribution in [0.4, 0.5) is 20.7 Å². The Morgan fingerprint density at radius 2 is 2.13 bits per heavy atom. The van der Waals surface area contributed by atoms with Crippen molar-refractivity contribution in [1.82, 2.24) is 10.3 Å². The lowest BCUT2D eigenvalue weighted by Crippen LogP contribution is -2.46. The van der Waals surface area contributed by atoms with Crippen molar-refractivity contribution in [1.29, 1.82) is 0 Å². The van der Waals surface area contributed by atoms with Crippen molar-refractivity contribution in [3.8, 4) is 0 Å². The summed E-state index contributed by atoms with van der Waals surface area (Å²) in [6.45, 7) is 1.68. The molecule has 2 aromatic rings. The van der Waals surface area contributed by atoms with Gasteiger partial charge in [0.1, 0.15) is 11.6 Å². The summed E-state index contributed by atoms with van der Waals surface area (Å²) < 4.78 is 18.3. The second-order valence-corrected chi connectivity index (χ2v) is 7.25. The van der Waals surface area contributed by atoms with E-state index in [0.717, 1.165) is 6.07 Å². The number of carbonyl (C=O) groups excluding carboxylic acids is 3. The SMILES string of the molecule is CCC(=O)Nc1ccc(N2CCC(O)(OC(=O)NCc3cc(F)cc(Cl)c3)C2=O)cn1. The molecule has 0 spiro atoms. The van der Waals surface area contributed by atoms with E-state index in [0.29, 0.717) is 23.5 Å². The Bertz CT molecular complexity index is 983. The Labute approximate surface area is 182 Å². The van der Waals surface area contributed by atoms with Crippen LogP contribution in [0.3, 0.4) is 0 Å². The number of halogens is 2. The van der Waals surface area contributed by atoms with Gasteiger partial charge in [-0.3, -0.25) is 9.59 Å². The van der Waals surface area contributed by atoms with Crippen molar-refractivity contribution in [3.05, 3.63) is 52.9 Å². The molecular formula is C20H20ClFN4O5. The number of alkyl carbamates (subject to hydrolysis) is 1. The van der Waals surface area contributed by atoms with E-state index in [1.807, 2.05) is 0 Å². The van der Waals surface area contributed by atoms with E-state index in [1.165, 1.54) is 29.3 Å². The number of pyridine rings is 1. The number of hydrogen-bond acceptors (Lipinski definition) is 6. The molecule has 1 saturated heterocycles. The molecule has 9 nitrogen and oxygen atoms in total.